The molecule has 5 N–H and O–H groups in total. The molecule has 1 atom stereocenters. The Morgan fingerprint density at radius 3 is 2.28 bits per heavy atom. The van der Waals surface area contributed by atoms with E-state index >= 15 is 0 Å². The molecule has 1 rings (SSSR count). The first-order valence-electron chi connectivity index (χ1n) is 6.21. The molecule has 0 fully saturated rings. The lowest BCUT2D eigenvalue weighted by atomic mass is 10.1. The van der Waals surface area contributed by atoms with Crippen molar-refractivity contribution in [3.05, 3.63) is 11.9 Å². The van der Waals surface area contributed by atoms with Crippen LogP contribution in [-0.2, 0) is 0 Å². The van der Waals surface area contributed by atoms with Gasteiger partial charge in [-0.05, 0) is 5.92 Å². The van der Waals surface area contributed by atoms with Crippen molar-refractivity contribution in [3.8, 4) is 0 Å². The number of nitrogens with two attached hydrogens (primary N) is 1. The lowest BCUT2D eigenvalue weighted by Gasteiger charge is -2.21. The highest BCUT2D eigenvalue weighted by molar-refractivity contribution is 5.47. The molecular formula is C12H23N5O. The highest BCUT2D eigenvalue weighted by atomic mass is 16.3. The van der Waals surface area contributed by atoms with Crippen molar-refractivity contribution in [2.24, 2.45) is 11.8 Å². The minimum absolute atomic E-state index is 0.0365. The lowest BCUT2D eigenvalue weighted by molar-refractivity contribution is 0.249. The van der Waals surface area contributed by atoms with Crippen molar-refractivity contribution in [1.29, 1.82) is 0 Å². The van der Waals surface area contributed by atoms with Crippen molar-refractivity contribution in [2.75, 3.05) is 17.3 Å². The SMILES string of the molecule is CC(C)c1nc(NN)cc(N[C@H](CO)C(C)C)n1. The summed E-state index contributed by atoms with van der Waals surface area (Å²) in [6.07, 6.45) is 0. The molecule has 0 aliphatic heterocycles. The van der Waals surface area contributed by atoms with Gasteiger partial charge in [-0.15, -0.1) is 0 Å². The third-order valence-electron chi connectivity index (χ3n) is 2.74. The summed E-state index contributed by atoms with van der Waals surface area (Å²) in [6, 6.07) is 1.70. The van der Waals surface area contributed by atoms with Gasteiger partial charge in [0.05, 0.1) is 12.6 Å². The van der Waals surface area contributed by atoms with E-state index in [9.17, 15) is 5.11 Å². The molecule has 0 aliphatic rings. The first kappa shape index (κ1) is 14.7. The summed E-state index contributed by atoms with van der Waals surface area (Å²) < 4.78 is 0. The van der Waals surface area contributed by atoms with Crippen LogP contribution in [0, 0.1) is 5.92 Å². The average molecular weight is 253 g/mol. The second kappa shape index (κ2) is 6.51. The summed E-state index contributed by atoms with van der Waals surface area (Å²) in [5, 5.41) is 12.5. The molecule has 0 aromatic carbocycles. The molecule has 0 amide bonds. The van der Waals surface area contributed by atoms with Gasteiger partial charge in [0.15, 0.2) is 0 Å². The topological polar surface area (TPSA) is 96.1 Å². The number of nitrogen functional groups attached to an aromatic ring is 1. The molecule has 102 valence electrons. The fraction of sp³-hybridized carbons (Fsp3) is 0.667. The standard InChI is InChI=1S/C12H23N5O/c1-7(2)9(6-18)14-10-5-11(17-13)16-12(15-10)8(3)4/h5,7-9,18H,6,13H2,1-4H3,(H2,14,15,16,17)/t9-/m1/s1. The number of aromatic nitrogens is 2. The van der Waals surface area contributed by atoms with Crippen molar-refractivity contribution >= 4 is 11.6 Å². The van der Waals surface area contributed by atoms with E-state index in [1.165, 1.54) is 0 Å². The molecule has 0 radical (unpaired) electrons. The van der Waals surface area contributed by atoms with Crippen molar-refractivity contribution in [1.82, 2.24) is 9.97 Å². The van der Waals surface area contributed by atoms with E-state index in [4.69, 9.17) is 5.84 Å². The molecule has 18 heavy (non-hydrogen) atoms. The molecule has 0 saturated carbocycles. The summed E-state index contributed by atoms with van der Waals surface area (Å²) in [6.45, 7) is 8.18. The van der Waals surface area contributed by atoms with Gasteiger partial charge < -0.3 is 15.8 Å². The molecule has 1 aromatic heterocycles. The van der Waals surface area contributed by atoms with E-state index in [2.05, 4.69) is 20.7 Å². The monoisotopic (exact) mass is 253 g/mol. The largest absolute Gasteiger partial charge is 0.394 e. The van der Waals surface area contributed by atoms with Gasteiger partial charge in [-0.1, -0.05) is 27.7 Å². The number of rotatable bonds is 6. The van der Waals surface area contributed by atoms with Crippen LogP contribution in [0.15, 0.2) is 6.07 Å². The van der Waals surface area contributed by atoms with Crippen LogP contribution in [0.3, 0.4) is 0 Å². The predicted octanol–water partition coefficient (Wildman–Crippen LogP) is 1.31. The molecule has 0 aliphatic carbocycles. The fourth-order valence-electron chi connectivity index (χ4n) is 1.49. The molecule has 6 heteroatoms. The van der Waals surface area contributed by atoms with E-state index in [0.29, 0.717) is 23.4 Å². The number of hydrogen-bond donors (Lipinski definition) is 4. The zero-order valence-corrected chi connectivity index (χ0v) is 11.4. The quantitative estimate of drug-likeness (QED) is 0.451. The second-order valence-corrected chi connectivity index (χ2v) is 4.97. The van der Waals surface area contributed by atoms with Crippen LogP contribution in [0.1, 0.15) is 39.4 Å². The van der Waals surface area contributed by atoms with Gasteiger partial charge in [0, 0.05) is 12.0 Å². The van der Waals surface area contributed by atoms with E-state index in [1.807, 2.05) is 27.7 Å². The summed E-state index contributed by atoms with van der Waals surface area (Å²) in [5.41, 5.74) is 2.53. The van der Waals surface area contributed by atoms with E-state index in [1.54, 1.807) is 6.07 Å². The van der Waals surface area contributed by atoms with Crippen molar-refractivity contribution < 1.29 is 5.11 Å². The summed E-state index contributed by atoms with van der Waals surface area (Å²) in [4.78, 5) is 8.70. The van der Waals surface area contributed by atoms with E-state index in [0.717, 1.165) is 0 Å². The maximum atomic E-state index is 9.32. The minimum atomic E-state index is -0.0365. The number of nitrogens with zero attached hydrogens (tertiary/aromatic N) is 2. The van der Waals surface area contributed by atoms with Crippen LogP contribution in [-0.4, -0.2) is 27.7 Å². The Balaban J connectivity index is 2.97. The molecule has 1 aromatic rings. The summed E-state index contributed by atoms with van der Waals surface area (Å²) in [5.74, 6) is 7.87. The first-order chi connectivity index (χ1) is 8.47. The summed E-state index contributed by atoms with van der Waals surface area (Å²) >= 11 is 0. The number of aliphatic hydroxyl groups is 1. The highest BCUT2D eigenvalue weighted by Gasteiger charge is 2.14. The highest BCUT2D eigenvalue weighted by Crippen LogP contribution is 2.18. The third kappa shape index (κ3) is 3.82. The minimum Gasteiger partial charge on any atom is -0.394 e. The zero-order valence-electron chi connectivity index (χ0n) is 11.4. The van der Waals surface area contributed by atoms with Crippen LogP contribution >= 0.6 is 0 Å². The number of anilines is 2. The number of nitrogens with one attached hydrogen (secondary N) is 2. The maximum Gasteiger partial charge on any atom is 0.145 e. The average Bonchev–Trinajstić information content (AvgIpc) is 2.34. The number of aliphatic hydroxyl groups excluding tert-OH is 1. The second-order valence-electron chi connectivity index (χ2n) is 4.97. The molecular weight excluding hydrogens is 230 g/mol. The van der Waals surface area contributed by atoms with Gasteiger partial charge >= 0.3 is 0 Å². The summed E-state index contributed by atoms with van der Waals surface area (Å²) in [7, 11) is 0. The van der Waals surface area contributed by atoms with Gasteiger partial charge in [0.2, 0.25) is 0 Å². The van der Waals surface area contributed by atoms with Gasteiger partial charge in [-0.3, -0.25) is 0 Å². The molecule has 0 bridgehead atoms. The fourth-order valence-corrected chi connectivity index (χ4v) is 1.49. The van der Waals surface area contributed by atoms with Crippen LogP contribution < -0.4 is 16.6 Å². The molecule has 0 saturated heterocycles. The van der Waals surface area contributed by atoms with E-state index in [-0.39, 0.29) is 18.6 Å². The molecule has 6 nitrogen and oxygen atoms in total. The van der Waals surface area contributed by atoms with Crippen molar-refractivity contribution in [2.45, 2.75) is 39.7 Å². The lowest BCUT2D eigenvalue weighted by Crippen LogP contribution is -2.30. The first-order valence-corrected chi connectivity index (χ1v) is 6.21. The zero-order chi connectivity index (χ0) is 13.7. The van der Waals surface area contributed by atoms with Gasteiger partial charge in [0.25, 0.3) is 0 Å². The Bertz CT molecular complexity index is 381. The van der Waals surface area contributed by atoms with Gasteiger partial charge in [-0.2, -0.15) is 0 Å². The predicted molar refractivity (Wildman–Crippen MR) is 73.3 cm³/mol. The van der Waals surface area contributed by atoms with Crippen LogP contribution in [0.2, 0.25) is 0 Å². The third-order valence-corrected chi connectivity index (χ3v) is 2.74. The number of hydrazine groups is 1. The van der Waals surface area contributed by atoms with Crippen LogP contribution in [0.25, 0.3) is 0 Å². The molecule has 0 spiro atoms. The smallest absolute Gasteiger partial charge is 0.145 e. The van der Waals surface area contributed by atoms with Gasteiger partial charge in [-0.25, -0.2) is 15.8 Å². The normalized spacial score (nSPS) is 12.9. The Morgan fingerprint density at radius 2 is 1.83 bits per heavy atom. The van der Waals surface area contributed by atoms with Crippen LogP contribution in [0.4, 0.5) is 11.6 Å². The Labute approximate surface area is 108 Å². The van der Waals surface area contributed by atoms with Crippen molar-refractivity contribution in [3.63, 3.8) is 0 Å². The number of hydrogen-bond acceptors (Lipinski definition) is 6. The van der Waals surface area contributed by atoms with Crippen LogP contribution in [0.5, 0.6) is 0 Å². The Hall–Kier alpha value is -1.40. The maximum absolute atomic E-state index is 9.32. The van der Waals surface area contributed by atoms with Gasteiger partial charge in [0.1, 0.15) is 17.5 Å². The molecule has 0 unspecified atom stereocenters. The Morgan fingerprint density at radius 1 is 1.22 bits per heavy atom. The Kier molecular flexibility index (Phi) is 5.30. The molecule has 1 heterocycles. The van der Waals surface area contributed by atoms with E-state index < -0.39 is 0 Å².